The number of methoxy groups -OCH3 is 1. The van der Waals surface area contributed by atoms with Gasteiger partial charge in [-0.15, -0.1) is 11.6 Å². The van der Waals surface area contributed by atoms with Gasteiger partial charge in [0.1, 0.15) is 5.75 Å². The quantitative estimate of drug-likeness (QED) is 0.392. The van der Waals surface area contributed by atoms with Gasteiger partial charge < -0.3 is 9.16 Å². The van der Waals surface area contributed by atoms with Gasteiger partial charge in [-0.2, -0.15) is 6.08 Å². The molecule has 1 rings (SSSR count). The first-order chi connectivity index (χ1) is 6.36. The molecule has 1 aromatic rings. The highest BCUT2D eigenvalue weighted by atomic mass is 16.5. The summed E-state index contributed by atoms with van der Waals surface area (Å²) < 4.78 is 9.68. The summed E-state index contributed by atoms with van der Waals surface area (Å²) in [6.45, 7) is 0. The SMILES string of the molecule is COc1ccc(/C=C/[C-]=[O+]C)cc1. The van der Waals surface area contributed by atoms with Crippen LogP contribution in [-0.4, -0.2) is 20.5 Å². The smallest absolute Gasteiger partial charge is 0.229 e. The normalized spacial score (nSPS) is 11.2. The molecule has 0 aliphatic rings. The van der Waals surface area contributed by atoms with Crippen LogP contribution in [0.15, 0.2) is 30.3 Å². The van der Waals surface area contributed by atoms with Crippen LogP contribution in [0.3, 0.4) is 0 Å². The van der Waals surface area contributed by atoms with E-state index in [0.717, 1.165) is 11.3 Å². The van der Waals surface area contributed by atoms with Gasteiger partial charge in [-0.25, -0.2) is 0 Å². The molecular weight excluding hydrogens is 164 g/mol. The van der Waals surface area contributed by atoms with E-state index in [1.54, 1.807) is 20.3 Å². The zero-order valence-electron chi connectivity index (χ0n) is 7.78. The molecule has 0 saturated heterocycles. The largest absolute Gasteiger partial charge is 0.497 e. The maximum Gasteiger partial charge on any atom is 0.229 e. The maximum absolute atomic E-state index is 5.03. The Bertz CT molecular complexity index is 296. The van der Waals surface area contributed by atoms with Gasteiger partial charge in [0.05, 0.1) is 7.11 Å². The van der Waals surface area contributed by atoms with Gasteiger partial charge in [-0.05, 0) is 12.1 Å². The van der Waals surface area contributed by atoms with E-state index >= 15 is 0 Å². The Morgan fingerprint density at radius 1 is 1.31 bits per heavy atom. The zero-order valence-corrected chi connectivity index (χ0v) is 7.78. The van der Waals surface area contributed by atoms with Crippen molar-refractivity contribution < 1.29 is 9.16 Å². The third-order valence-corrected chi connectivity index (χ3v) is 1.58. The van der Waals surface area contributed by atoms with Crippen LogP contribution < -0.4 is 4.74 Å². The molecule has 0 radical (unpaired) electrons. The Balaban J connectivity index is 2.69. The fourth-order valence-electron chi connectivity index (χ4n) is 0.913. The number of benzene rings is 1. The Labute approximate surface area is 78.2 Å². The van der Waals surface area contributed by atoms with E-state index in [1.165, 1.54) is 0 Å². The molecule has 0 aromatic heterocycles. The summed E-state index contributed by atoms with van der Waals surface area (Å²) >= 11 is 0. The van der Waals surface area contributed by atoms with E-state index in [4.69, 9.17) is 4.74 Å². The first-order valence-electron chi connectivity index (χ1n) is 3.96. The highest BCUT2D eigenvalue weighted by Crippen LogP contribution is 2.11. The molecular formula is C11H12O2. The molecule has 0 atom stereocenters. The molecule has 0 fully saturated rings. The van der Waals surface area contributed by atoms with Gasteiger partial charge >= 0.3 is 0 Å². The van der Waals surface area contributed by atoms with Crippen LogP contribution in [0.4, 0.5) is 0 Å². The molecule has 0 bridgehead atoms. The first kappa shape index (κ1) is 9.52. The minimum atomic E-state index is 0.858. The van der Waals surface area contributed by atoms with Crippen molar-refractivity contribution in [2.75, 3.05) is 14.2 Å². The van der Waals surface area contributed by atoms with Crippen LogP contribution in [0.1, 0.15) is 5.56 Å². The molecule has 0 heterocycles. The second-order valence-electron chi connectivity index (χ2n) is 2.43. The average Bonchev–Trinajstić information content (AvgIpc) is 2.19. The molecule has 13 heavy (non-hydrogen) atoms. The van der Waals surface area contributed by atoms with E-state index in [1.807, 2.05) is 30.3 Å². The Morgan fingerprint density at radius 2 is 2.00 bits per heavy atom. The van der Waals surface area contributed by atoms with Crippen LogP contribution in [0.2, 0.25) is 0 Å². The summed E-state index contributed by atoms with van der Waals surface area (Å²) in [6, 6.07) is 7.75. The number of hydrogen-bond acceptors (Lipinski definition) is 1. The minimum absolute atomic E-state index is 0.858. The Kier molecular flexibility index (Phi) is 3.76. The van der Waals surface area contributed by atoms with Crippen LogP contribution in [-0.2, 0) is 4.42 Å². The van der Waals surface area contributed by atoms with Crippen molar-refractivity contribution in [2.24, 2.45) is 0 Å². The van der Waals surface area contributed by atoms with Crippen molar-refractivity contribution in [3.63, 3.8) is 0 Å². The van der Waals surface area contributed by atoms with Gasteiger partial charge in [-0.1, -0.05) is 12.1 Å². The molecule has 0 aliphatic heterocycles. The lowest BCUT2D eigenvalue weighted by Crippen LogP contribution is -1.81. The lowest BCUT2D eigenvalue weighted by molar-refractivity contribution is 0.186. The monoisotopic (exact) mass is 176 g/mol. The summed E-state index contributed by atoms with van der Waals surface area (Å²) in [5.41, 5.74) is 1.09. The topological polar surface area (TPSA) is 20.5 Å². The lowest BCUT2D eigenvalue weighted by Gasteiger charge is -2.00. The summed E-state index contributed by atoms with van der Waals surface area (Å²) in [5.74, 6) is 0.858. The molecule has 1 aromatic carbocycles. The Morgan fingerprint density at radius 3 is 2.54 bits per heavy atom. The molecule has 2 nitrogen and oxygen atoms in total. The summed E-state index contributed by atoms with van der Waals surface area (Å²) in [5, 5.41) is 0. The van der Waals surface area contributed by atoms with Gasteiger partial charge in [0, 0.05) is 0 Å². The molecule has 0 spiro atoms. The van der Waals surface area contributed by atoms with Crippen molar-refractivity contribution in [2.45, 2.75) is 0 Å². The van der Waals surface area contributed by atoms with Crippen molar-refractivity contribution in [3.8, 4) is 5.75 Å². The minimum Gasteiger partial charge on any atom is -0.497 e. The third kappa shape index (κ3) is 3.11. The van der Waals surface area contributed by atoms with Crippen molar-refractivity contribution in [1.82, 2.24) is 0 Å². The van der Waals surface area contributed by atoms with Crippen LogP contribution in [0.25, 0.3) is 6.08 Å². The number of rotatable bonds is 3. The lowest BCUT2D eigenvalue weighted by atomic mass is 10.2. The van der Waals surface area contributed by atoms with E-state index in [9.17, 15) is 0 Å². The van der Waals surface area contributed by atoms with Crippen molar-refractivity contribution >= 4 is 12.4 Å². The van der Waals surface area contributed by atoms with Crippen LogP contribution in [0, 0.1) is 0 Å². The van der Waals surface area contributed by atoms with Crippen LogP contribution >= 0.6 is 0 Å². The third-order valence-electron chi connectivity index (χ3n) is 1.58. The van der Waals surface area contributed by atoms with Gasteiger partial charge in [0.25, 0.3) is 0 Å². The van der Waals surface area contributed by atoms with Crippen molar-refractivity contribution in [1.29, 1.82) is 0 Å². The second-order valence-corrected chi connectivity index (χ2v) is 2.43. The summed E-state index contributed by atoms with van der Waals surface area (Å²) in [6.07, 6.45) is 6.24. The molecule has 0 N–H and O–H groups in total. The van der Waals surface area contributed by atoms with Crippen LogP contribution in [0.5, 0.6) is 5.75 Å². The second kappa shape index (κ2) is 5.14. The zero-order chi connectivity index (χ0) is 9.52. The fraction of sp³-hybridized carbons (Fsp3) is 0.182. The predicted molar refractivity (Wildman–Crippen MR) is 53.6 cm³/mol. The maximum atomic E-state index is 5.03. The molecule has 0 amide bonds. The Hall–Kier alpha value is -1.57. The molecule has 0 unspecified atom stereocenters. The summed E-state index contributed by atoms with van der Waals surface area (Å²) in [7, 11) is 3.22. The molecule has 2 heteroatoms. The molecule has 0 saturated carbocycles. The van der Waals surface area contributed by atoms with E-state index in [-0.39, 0.29) is 0 Å². The standard InChI is InChI=1S/C11H12O2/c1-12-9-3-4-10-5-7-11(13-2)8-6-10/h3-8H,1-2H3/b4-3+. The number of hydrogen-bond donors (Lipinski definition) is 0. The fourth-order valence-corrected chi connectivity index (χ4v) is 0.913. The highest BCUT2D eigenvalue weighted by molar-refractivity contribution is 5.74. The van der Waals surface area contributed by atoms with Gasteiger partial charge in [0.2, 0.25) is 13.4 Å². The first-order valence-corrected chi connectivity index (χ1v) is 3.96. The number of carbonyl (C=O) groups excluding carboxylic acids is 1. The highest BCUT2D eigenvalue weighted by Gasteiger charge is 1.85. The average molecular weight is 176 g/mol. The molecule has 0 aliphatic carbocycles. The van der Waals surface area contributed by atoms with E-state index in [2.05, 4.69) is 10.7 Å². The van der Waals surface area contributed by atoms with Crippen molar-refractivity contribution in [3.05, 3.63) is 35.9 Å². The van der Waals surface area contributed by atoms with Gasteiger partial charge in [0.15, 0.2) is 0 Å². The number of ether oxygens (including phenoxy) is 1. The molecule has 68 valence electrons. The van der Waals surface area contributed by atoms with E-state index in [0.29, 0.717) is 0 Å². The number of allylic oxidation sites excluding steroid dienone is 1. The predicted octanol–water partition coefficient (Wildman–Crippen LogP) is 1.98. The van der Waals surface area contributed by atoms with E-state index < -0.39 is 0 Å². The van der Waals surface area contributed by atoms with Gasteiger partial charge in [-0.3, -0.25) is 0 Å². The summed E-state index contributed by atoms with van der Waals surface area (Å²) in [4.78, 5) is 0.